The normalized spacial score (nSPS) is 12.2. The molecule has 1 unspecified atom stereocenters. The van der Waals surface area contributed by atoms with Crippen LogP contribution in [-0.2, 0) is 14.9 Å². The Hall–Kier alpha value is -2.58. The molecule has 0 aliphatic rings. The number of ether oxygens (including phenoxy) is 1. The number of carbonyl (C=O) groups excluding carboxylic acids is 1. The van der Waals surface area contributed by atoms with Crippen LogP contribution in [0.3, 0.4) is 0 Å². The molecule has 0 fully saturated rings. The molecule has 0 aliphatic carbocycles. The lowest BCUT2D eigenvalue weighted by Crippen LogP contribution is -3.10. The number of para-hydroxylation sites is 1. The zero-order chi connectivity index (χ0) is 19.0. The van der Waals surface area contributed by atoms with Crippen molar-refractivity contribution in [2.24, 2.45) is 0 Å². The van der Waals surface area contributed by atoms with E-state index in [1.165, 1.54) is 0 Å². The smallest absolute Gasteiger partial charge is 0.314 e. The van der Waals surface area contributed by atoms with Crippen LogP contribution in [0.25, 0.3) is 0 Å². The Balaban J connectivity index is 1.78. The highest BCUT2D eigenvalue weighted by Crippen LogP contribution is 2.14. The van der Waals surface area contributed by atoms with Crippen LogP contribution in [0.15, 0.2) is 54.6 Å². The van der Waals surface area contributed by atoms with Gasteiger partial charge in [-0.2, -0.15) is 8.42 Å². The van der Waals surface area contributed by atoms with Crippen LogP contribution in [0.2, 0.25) is 0 Å². The van der Waals surface area contributed by atoms with Gasteiger partial charge in [-0.25, -0.2) is 0 Å². The van der Waals surface area contributed by atoms with E-state index in [0.29, 0.717) is 11.4 Å². The molecule has 2 N–H and O–H groups in total. The number of quaternary nitrogens is 1. The lowest BCUT2D eigenvalue weighted by Gasteiger charge is -2.14. The quantitative estimate of drug-likeness (QED) is 0.622. The van der Waals surface area contributed by atoms with Gasteiger partial charge in [0.2, 0.25) is 0 Å². The molecule has 1 amide bonds. The van der Waals surface area contributed by atoms with Gasteiger partial charge in [0.15, 0.2) is 6.54 Å². The average Bonchev–Trinajstić information content (AvgIpc) is 2.61. The lowest BCUT2D eigenvalue weighted by molar-refractivity contribution is -0.868. The van der Waals surface area contributed by atoms with E-state index in [0.717, 1.165) is 4.90 Å². The largest absolute Gasteiger partial charge is 0.497 e. The fourth-order valence-electron chi connectivity index (χ4n) is 2.21. The Labute approximate surface area is 153 Å². The van der Waals surface area contributed by atoms with Crippen molar-refractivity contribution in [1.82, 2.24) is 0 Å². The van der Waals surface area contributed by atoms with E-state index >= 15 is 0 Å². The van der Waals surface area contributed by atoms with Gasteiger partial charge in [-0.15, -0.1) is 0 Å². The van der Waals surface area contributed by atoms with Gasteiger partial charge >= 0.3 is 10.1 Å². The summed E-state index contributed by atoms with van der Waals surface area (Å²) in [6.07, 6.45) is 0. The van der Waals surface area contributed by atoms with Crippen molar-refractivity contribution in [2.75, 3.05) is 38.3 Å². The summed E-state index contributed by atoms with van der Waals surface area (Å²) >= 11 is 0. The van der Waals surface area contributed by atoms with Gasteiger partial charge in [-0.3, -0.25) is 4.79 Å². The molecule has 0 bridgehead atoms. The Morgan fingerprint density at radius 3 is 2.31 bits per heavy atom. The Morgan fingerprint density at radius 1 is 1.04 bits per heavy atom. The zero-order valence-corrected chi connectivity index (χ0v) is 15.6. The fourth-order valence-corrected chi connectivity index (χ4v) is 3.29. The summed E-state index contributed by atoms with van der Waals surface area (Å²) in [5.41, 5.74) is 0.656. The van der Waals surface area contributed by atoms with Crippen LogP contribution in [0.5, 0.6) is 11.5 Å². The van der Waals surface area contributed by atoms with Crippen LogP contribution in [0.4, 0.5) is 5.69 Å². The van der Waals surface area contributed by atoms with Gasteiger partial charge in [0.25, 0.3) is 5.91 Å². The second kappa shape index (κ2) is 9.21. The van der Waals surface area contributed by atoms with Gasteiger partial charge in [-0.05, 0) is 36.4 Å². The first-order valence-corrected chi connectivity index (χ1v) is 9.68. The highest BCUT2D eigenvalue weighted by molar-refractivity contribution is 7.87. The average molecular weight is 379 g/mol. The fraction of sp³-hybridized carbons (Fsp3) is 0.278. The first kappa shape index (κ1) is 19.7. The second-order valence-electron chi connectivity index (χ2n) is 5.82. The number of methoxy groups -OCH3 is 1. The Kier molecular flexibility index (Phi) is 6.99. The maximum absolute atomic E-state index is 12.0. The van der Waals surface area contributed by atoms with Crippen LogP contribution < -0.4 is 19.1 Å². The summed E-state index contributed by atoms with van der Waals surface area (Å²) < 4.78 is 34.1. The van der Waals surface area contributed by atoms with Crippen molar-refractivity contribution in [3.8, 4) is 11.5 Å². The number of benzene rings is 2. The van der Waals surface area contributed by atoms with Crippen molar-refractivity contribution in [3.63, 3.8) is 0 Å². The third-order valence-corrected chi connectivity index (χ3v) is 4.73. The molecule has 7 nitrogen and oxygen atoms in total. The van der Waals surface area contributed by atoms with Crippen molar-refractivity contribution >= 4 is 21.7 Å². The molecular formula is C18H23N2O5S+. The summed E-state index contributed by atoms with van der Waals surface area (Å²) in [5.74, 6) is 0.606. The first-order valence-electron chi connectivity index (χ1n) is 8.10. The highest BCUT2D eigenvalue weighted by atomic mass is 32.2. The molecule has 2 aromatic carbocycles. The van der Waals surface area contributed by atoms with Crippen LogP contribution in [0, 0.1) is 0 Å². The van der Waals surface area contributed by atoms with E-state index in [9.17, 15) is 13.2 Å². The Morgan fingerprint density at radius 2 is 1.69 bits per heavy atom. The first-order chi connectivity index (χ1) is 12.4. The Bertz CT molecular complexity index is 807. The van der Waals surface area contributed by atoms with E-state index in [1.807, 2.05) is 0 Å². The number of nitrogens with one attached hydrogen (secondary N) is 2. The molecule has 0 aromatic heterocycles. The minimum atomic E-state index is -3.70. The van der Waals surface area contributed by atoms with E-state index < -0.39 is 10.1 Å². The van der Waals surface area contributed by atoms with Crippen molar-refractivity contribution in [3.05, 3.63) is 54.6 Å². The van der Waals surface area contributed by atoms with Gasteiger partial charge in [0.1, 0.15) is 17.3 Å². The highest BCUT2D eigenvalue weighted by Gasteiger charge is 2.18. The molecule has 0 aliphatic heterocycles. The summed E-state index contributed by atoms with van der Waals surface area (Å²) in [7, 11) is -0.372. The molecule has 0 saturated heterocycles. The standard InChI is InChI=1S/C18H22N2O5S/c1-20(12-13-26(22,23)25-17-6-4-3-5-7-17)14-18(21)19-15-8-10-16(24-2)11-9-15/h3-11H,12-14H2,1-2H3,(H,19,21)/p+1. The molecule has 1 atom stereocenters. The summed E-state index contributed by atoms with van der Waals surface area (Å²) in [5, 5.41) is 2.77. The van der Waals surface area contributed by atoms with Crippen molar-refractivity contribution < 1.29 is 27.0 Å². The molecule has 0 heterocycles. The molecule has 0 spiro atoms. The summed E-state index contributed by atoms with van der Waals surface area (Å²) in [4.78, 5) is 12.8. The third kappa shape index (κ3) is 6.73. The molecule has 2 rings (SSSR count). The van der Waals surface area contributed by atoms with Crippen molar-refractivity contribution in [1.29, 1.82) is 0 Å². The van der Waals surface area contributed by atoms with E-state index in [1.54, 1.807) is 68.8 Å². The van der Waals surface area contributed by atoms with Crippen LogP contribution >= 0.6 is 0 Å². The topological polar surface area (TPSA) is 86.1 Å². The minimum Gasteiger partial charge on any atom is -0.497 e. The number of likely N-dealkylation sites (N-methyl/N-ethyl adjacent to an activating group) is 1. The summed E-state index contributed by atoms with van der Waals surface area (Å²) in [6, 6.07) is 15.3. The monoisotopic (exact) mass is 379 g/mol. The molecule has 140 valence electrons. The van der Waals surface area contributed by atoms with Gasteiger partial charge in [-0.1, -0.05) is 18.2 Å². The van der Waals surface area contributed by atoms with Crippen LogP contribution in [0.1, 0.15) is 0 Å². The molecule has 2 aromatic rings. The molecular weight excluding hydrogens is 356 g/mol. The predicted octanol–water partition coefficient (Wildman–Crippen LogP) is 0.557. The third-order valence-electron chi connectivity index (χ3n) is 3.58. The number of hydrogen-bond acceptors (Lipinski definition) is 5. The van der Waals surface area contributed by atoms with Gasteiger partial charge < -0.3 is 19.1 Å². The number of anilines is 1. The lowest BCUT2D eigenvalue weighted by atomic mass is 10.3. The zero-order valence-electron chi connectivity index (χ0n) is 14.8. The van der Waals surface area contributed by atoms with Gasteiger partial charge in [0.05, 0.1) is 20.7 Å². The minimum absolute atomic E-state index is 0.146. The maximum Gasteiger partial charge on any atom is 0.314 e. The molecule has 0 saturated carbocycles. The SMILES string of the molecule is COc1ccc(NC(=O)C[NH+](C)CCS(=O)(=O)Oc2ccccc2)cc1. The summed E-state index contributed by atoms with van der Waals surface area (Å²) in [6.45, 7) is 0.401. The number of rotatable bonds is 9. The van der Waals surface area contributed by atoms with E-state index in [-0.39, 0.29) is 30.5 Å². The molecule has 8 heteroatoms. The number of carbonyl (C=O) groups is 1. The van der Waals surface area contributed by atoms with Gasteiger partial charge in [0, 0.05) is 5.69 Å². The van der Waals surface area contributed by atoms with E-state index in [2.05, 4.69) is 5.32 Å². The van der Waals surface area contributed by atoms with E-state index in [4.69, 9.17) is 8.92 Å². The number of hydrogen-bond donors (Lipinski definition) is 2. The maximum atomic E-state index is 12.0. The second-order valence-corrected chi connectivity index (χ2v) is 7.51. The molecule has 0 radical (unpaired) electrons. The molecule has 26 heavy (non-hydrogen) atoms. The van der Waals surface area contributed by atoms with Crippen LogP contribution in [-0.4, -0.2) is 47.3 Å². The predicted molar refractivity (Wildman–Crippen MR) is 99.1 cm³/mol. The van der Waals surface area contributed by atoms with Crippen molar-refractivity contribution in [2.45, 2.75) is 0 Å². The number of amides is 1.